The van der Waals surface area contributed by atoms with Crippen LogP contribution in [0.5, 0.6) is 5.75 Å². The Morgan fingerprint density at radius 1 is 1.18 bits per heavy atom. The van der Waals surface area contributed by atoms with Gasteiger partial charge in [0.2, 0.25) is 11.9 Å². The smallest absolute Gasteiger partial charge is 0.264 e. The quantitative estimate of drug-likeness (QED) is 0.326. The minimum atomic E-state index is -0.400. The highest BCUT2D eigenvalue weighted by Gasteiger charge is 2.26. The molecule has 1 N–H and O–H groups in total. The number of ether oxygens (including phenoxy) is 2. The summed E-state index contributed by atoms with van der Waals surface area (Å²) in [4.78, 5) is 33.2. The molecule has 2 aromatic carbocycles. The number of methoxy groups -OCH3 is 1. The molecule has 0 unspecified atom stereocenters. The number of hydrogen-bond acceptors (Lipinski definition) is 6. The van der Waals surface area contributed by atoms with E-state index in [1.807, 2.05) is 35.7 Å². The number of benzene rings is 2. The van der Waals surface area contributed by atoms with E-state index in [0.717, 1.165) is 18.4 Å². The second-order valence-electron chi connectivity index (χ2n) is 8.87. The molecule has 0 spiro atoms. The first-order valence-electron chi connectivity index (χ1n) is 12.2. The second-order valence-corrected chi connectivity index (χ2v) is 9.82. The Labute approximate surface area is 223 Å². The SMILES string of the molecule is COc1ccc(-c2cn(-c3ccc(F)cc3)c(NC(=O)CN(C[C@@H]3CCCO3)C(=O)c3cccs3)n2)cc1. The Balaban J connectivity index is 1.40. The van der Waals surface area contributed by atoms with Crippen LogP contribution >= 0.6 is 11.3 Å². The molecular weight excluding hydrogens is 507 g/mol. The molecule has 1 aliphatic rings. The van der Waals surface area contributed by atoms with Gasteiger partial charge in [-0.3, -0.25) is 19.5 Å². The minimum Gasteiger partial charge on any atom is -0.497 e. The number of nitrogens with one attached hydrogen (secondary N) is 1. The molecule has 0 radical (unpaired) electrons. The molecule has 4 aromatic rings. The van der Waals surface area contributed by atoms with Crippen molar-refractivity contribution in [3.05, 3.63) is 82.9 Å². The number of imidazole rings is 1. The van der Waals surface area contributed by atoms with E-state index in [1.165, 1.54) is 28.4 Å². The number of nitrogens with zero attached hydrogens (tertiary/aromatic N) is 3. The third-order valence-corrected chi connectivity index (χ3v) is 7.11. The number of carbonyl (C=O) groups excluding carboxylic acids is 2. The van der Waals surface area contributed by atoms with Crippen LogP contribution in [-0.2, 0) is 9.53 Å². The van der Waals surface area contributed by atoms with Gasteiger partial charge in [0.05, 0.1) is 23.8 Å². The summed E-state index contributed by atoms with van der Waals surface area (Å²) in [6.07, 6.45) is 3.44. The summed E-state index contributed by atoms with van der Waals surface area (Å²) in [5.74, 6) is -0.0173. The van der Waals surface area contributed by atoms with Gasteiger partial charge in [-0.1, -0.05) is 6.07 Å². The summed E-state index contributed by atoms with van der Waals surface area (Å²) < 4.78 is 26.3. The van der Waals surface area contributed by atoms with Gasteiger partial charge in [-0.05, 0) is 72.8 Å². The molecule has 8 nitrogen and oxygen atoms in total. The van der Waals surface area contributed by atoms with Crippen LogP contribution in [0.3, 0.4) is 0 Å². The van der Waals surface area contributed by atoms with Crippen LogP contribution in [0.4, 0.5) is 10.3 Å². The summed E-state index contributed by atoms with van der Waals surface area (Å²) in [6, 6.07) is 16.8. The number of hydrogen-bond donors (Lipinski definition) is 1. The van der Waals surface area contributed by atoms with Crippen molar-refractivity contribution in [2.75, 3.05) is 32.1 Å². The molecule has 1 aliphatic heterocycles. The average molecular weight is 535 g/mol. The van der Waals surface area contributed by atoms with E-state index in [4.69, 9.17) is 9.47 Å². The summed E-state index contributed by atoms with van der Waals surface area (Å²) in [5.41, 5.74) is 2.05. The van der Waals surface area contributed by atoms with Gasteiger partial charge in [-0.25, -0.2) is 9.37 Å². The fourth-order valence-corrected chi connectivity index (χ4v) is 5.01. The molecule has 1 fully saturated rings. The molecule has 1 atom stereocenters. The summed E-state index contributed by atoms with van der Waals surface area (Å²) in [7, 11) is 1.59. The lowest BCUT2D eigenvalue weighted by molar-refractivity contribution is -0.117. The molecule has 2 aromatic heterocycles. The number of amides is 2. The van der Waals surface area contributed by atoms with E-state index >= 15 is 0 Å². The summed E-state index contributed by atoms with van der Waals surface area (Å²) in [6.45, 7) is 0.819. The molecule has 0 saturated carbocycles. The molecule has 3 heterocycles. The molecule has 196 valence electrons. The van der Waals surface area contributed by atoms with E-state index in [9.17, 15) is 14.0 Å². The number of aromatic nitrogens is 2. The van der Waals surface area contributed by atoms with Crippen molar-refractivity contribution < 1.29 is 23.5 Å². The third kappa shape index (κ3) is 5.92. The Hall–Kier alpha value is -4.02. The van der Waals surface area contributed by atoms with Crippen LogP contribution in [0, 0.1) is 5.82 Å². The standard InChI is InChI=1S/C28H27FN4O4S/c1-36-22-12-6-19(7-13-22)24-17-33(21-10-8-20(29)9-11-21)28(30-24)31-26(34)18-32(16-23-4-2-14-37-23)27(35)25-5-3-15-38-25/h3,5-13,15,17,23H,2,4,14,16,18H2,1H3,(H,30,31,34)/t23-/m0/s1. The van der Waals surface area contributed by atoms with Crippen molar-refractivity contribution in [2.45, 2.75) is 18.9 Å². The van der Waals surface area contributed by atoms with Crippen LogP contribution in [0.25, 0.3) is 16.9 Å². The van der Waals surface area contributed by atoms with Crippen molar-refractivity contribution in [1.82, 2.24) is 14.5 Å². The van der Waals surface area contributed by atoms with Crippen LogP contribution in [0.1, 0.15) is 22.5 Å². The topological polar surface area (TPSA) is 85.7 Å². The Kier molecular flexibility index (Phi) is 7.81. The fourth-order valence-electron chi connectivity index (χ4n) is 4.31. The highest BCUT2D eigenvalue weighted by atomic mass is 32.1. The van der Waals surface area contributed by atoms with Crippen molar-refractivity contribution in [2.24, 2.45) is 0 Å². The largest absolute Gasteiger partial charge is 0.497 e. The molecule has 0 aliphatic carbocycles. The number of halogens is 1. The monoisotopic (exact) mass is 534 g/mol. The summed E-state index contributed by atoms with van der Waals surface area (Å²) >= 11 is 1.33. The van der Waals surface area contributed by atoms with Crippen molar-refractivity contribution >= 4 is 29.1 Å². The maximum atomic E-state index is 13.6. The van der Waals surface area contributed by atoms with Crippen LogP contribution in [0.2, 0.25) is 0 Å². The van der Waals surface area contributed by atoms with Gasteiger partial charge in [0.1, 0.15) is 18.1 Å². The summed E-state index contributed by atoms with van der Waals surface area (Å²) in [5, 5.41) is 4.69. The molecule has 2 amide bonds. The number of rotatable bonds is 9. The number of thiophene rings is 1. The highest BCUT2D eigenvalue weighted by molar-refractivity contribution is 7.12. The van der Waals surface area contributed by atoms with E-state index in [1.54, 1.807) is 36.1 Å². The van der Waals surface area contributed by atoms with Crippen LogP contribution < -0.4 is 10.1 Å². The maximum absolute atomic E-state index is 13.6. The molecule has 1 saturated heterocycles. The van der Waals surface area contributed by atoms with E-state index in [2.05, 4.69) is 10.3 Å². The van der Waals surface area contributed by atoms with Gasteiger partial charge in [-0.2, -0.15) is 0 Å². The zero-order valence-electron chi connectivity index (χ0n) is 20.8. The predicted octanol–water partition coefficient (Wildman–Crippen LogP) is 5.01. The Bertz CT molecular complexity index is 1380. The predicted molar refractivity (Wildman–Crippen MR) is 143 cm³/mol. The maximum Gasteiger partial charge on any atom is 0.264 e. The molecule has 38 heavy (non-hydrogen) atoms. The van der Waals surface area contributed by atoms with Crippen LogP contribution in [0.15, 0.2) is 72.2 Å². The van der Waals surface area contributed by atoms with Crippen molar-refractivity contribution in [1.29, 1.82) is 0 Å². The molecule has 0 bridgehead atoms. The number of anilines is 1. The first-order valence-corrected chi connectivity index (χ1v) is 13.1. The van der Waals surface area contributed by atoms with Gasteiger partial charge in [0.15, 0.2) is 0 Å². The van der Waals surface area contributed by atoms with Gasteiger partial charge >= 0.3 is 0 Å². The molecule has 10 heteroatoms. The normalized spacial score (nSPS) is 14.8. The van der Waals surface area contributed by atoms with Gasteiger partial charge in [0.25, 0.3) is 5.91 Å². The lowest BCUT2D eigenvalue weighted by Crippen LogP contribution is -2.42. The third-order valence-electron chi connectivity index (χ3n) is 6.25. The van der Waals surface area contributed by atoms with Crippen molar-refractivity contribution in [3.63, 3.8) is 0 Å². The zero-order valence-corrected chi connectivity index (χ0v) is 21.6. The minimum absolute atomic E-state index is 0.102. The number of carbonyl (C=O) groups is 2. The highest BCUT2D eigenvalue weighted by Crippen LogP contribution is 2.26. The van der Waals surface area contributed by atoms with E-state index < -0.39 is 5.91 Å². The Morgan fingerprint density at radius 2 is 1.97 bits per heavy atom. The first-order chi connectivity index (χ1) is 18.5. The van der Waals surface area contributed by atoms with Gasteiger partial charge < -0.3 is 14.4 Å². The van der Waals surface area contributed by atoms with Crippen molar-refractivity contribution in [3.8, 4) is 22.7 Å². The van der Waals surface area contributed by atoms with Crippen LogP contribution in [-0.4, -0.2) is 59.2 Å². The first kappa shape index (κ1) is 25.6. The van der Waals surface area contributed by atoms with E-state index in [0.29, 0.717) is 35.2 Å². The average Bonchev–Trinajstić information content (AvgIpc) is 3.71. The lowest BCUT2D eigenvalue weighted by atomic mass is 10.1. The van der Waals surface area contributed by atoms with Gasteiger partial charge in [0, 0.05) is 30.6 Å². The zero-order chi connectivity index (χ0) is 26.5. The Morgan fingerprint density at radius 3 is 2.63 bits per heavy atom. The van der Waals surface area contributed by atoms with E-state index in [-0.39, 0.29) is 30.3 Å². The second kappa shape index (κ2) is 11.6. The molecule has 5 rings (SSSR count). The van der Waals surface area contributed by atoms with Gasteiger partial charge in [-0.15, -0.1) is 11.3 Å². The lowest BCUT2D eigenvalue weighted by Gasteiger charge is -2.24. The molecular formula is C28H27FN4O4S. The fraction of sp³-hybridized carbons (Fsp3) is 0.250.